The number of benzene rings is 1. The van der Waals surface area contributed by atoms with E-state index < -0.39 is 16.8 Å². The molecule has 6 aliphatic rings. The number of hydrogen-bond donors (Lipinski definition) is 2. The first-order valence-electron chi connectivity index (χ1n) is 11.8. The first kappa shape index (κ1) is 20.1. The van der Waals surface area contributed by atoms with Gasteiger partial charge in [0, 0.05) is 36.0 Å². The highest BCUT2D eigenvalue weighted by molar-refractivity contribution is 5.68. The molecule has 5 nitrogen and oxygen atoms in total. The number of likely N-dealkylation sites (tertiary alicyclic amines) is 1. The summed E-state index contributed by atoms with van der Waals surface area (Å²) in [5.41, 5.74) is -0.381. The van der Waals surface area contributed by atoms with E-state index in [0.29, 0.717) is 17.7 Å². The van der Waals surface area contributed by atoms with Gasteiger partial charge in [0.05, 0.1) is 11.0 Å². The first-order chi connectivity index (χ1) is 14.5. The van der Waals surface area contributed by atoms with Gasteiger partial charge in [-0.15, -0.1) is 0 Å². The fraction of sp³-hybridized carbons (Fsp3) is 0.692. The van der Waals surface area contributed by atoms with E-state index in [1.165, 1.54) is 11.1 Å². The van der Waals surface area contributed by atoms with Crippen molar-refractivity contribution in [1.82, 2.24) is 4.90 Å². The van der Waals surface area contributed by atoms with Crippen molar-refractivity contribution in [3.05, 3.63) is 35.4 Å². The van der Waals surface area contributed by atoms with Crippen molar-refractivity contribution in [3.8, 4) is 11.5 Å². The number of phenols is 1. The number of nitrogens with zero attached hydrogens (tertiary/aromatic N) is 1. The Morgan fingerprint density at radius 1 is 1.29 bits per heavy atom. The largest absolute Gasteiger partial charge is 0.504 e. The van der Waals surface area contributed by atoms with Crippen molar-refractivity contribution in [2.45, 2.75) is 81.1 Å². The normalized spacial score (nSPS) is 46.7. The lowest BCUT2D eigenvalue weighted by atomic mass is 9.31. The van der Waals surface area contributed by atoms with Gasteiger partial charge < -0.3 is 24.6 Å². The molecule has 0 aromatic heterocycles. The van der Waals surface area contributed by atoms with Crippen molar-refractivity contribution in [1.29, 1.82) is 0 Å². The summed E-state index contributed by atoms with van der Waals surface area (Å²) in [7, 11) is 4.01. The predicted octanol–water partition coefficient (Wildman–Crippen LogP) is 3.72. The molecule has 7 rings (SSSR count). The van der Waals surface area contributed by atoms with Gasteiger partial charge in [-0.3, -0.25) is 0 Å². The highest BCUT2D eigenvalue weighted by atomic mass is 16.6. The minimum atomic E-state index is -0.937. The molecule has 5 heteroatoms. The Bertz CT molecular complexity index is 1010. The van der Waals surface area contributed by atoms with Crippen LogP contribution >= 0.6 is 0 Å². The van der Waals surface area contributed by atoms with Gasteiger partial charge in [0.1, 0.15) is 11.2 Å². The fourth-order valence-corrected chi connectivity index (χ4v) is 9.22. The number of methoxy groups -OCH3 is 1. The van der Waals surface area contributed by atoms with Crippen LogP contribution in [0.25, 0.3) is 0 Å². The van der Waals surface area contributed by atoms with Crippen LogP contribution in [0, 0.1) is 11.3 Å². The van der Waals surface area contributed by atoms with E-state index in [9.17, 15) is 10.2 Å². The average molecular weight is 426 g/mol. The molecule has 2 aliphatic heterocycles. The maximum absolute atomic E-state index is 11.4. The molecule has 1 aromatic carbocycles. The van der Waals surface area contributed by atoms with Crippen LogP contribution in [0.1, 0.15) is 64.0 Å². The van der Waals surface area contributed by atoms with Crippen LogP contribution in [-0.2, 0) is 10.2 Å². The SMILES string of the molecule is CC[C@@H]1c2ccc(O)c3c2[C@]24CCN(C)[C@@H]1C21C=CC(OC)([C@@H](C(C)(C)O)C1)[C@]4(C)O3. The number of likely N-dealkylation sites (N-methyl/N-ethyl adjacent to an activating group) is 1. The van der Waals surface area contributed by atoms with Crippen molar-refractivity contribution in [2.75, 3.05) is 20.7 Å². The highest BCUT2D eigenvalue weighted by Crippen LogP contribution is 2.80. The van der Waals surface area contributed by atoms with Crippen LogP contribution in [0.5, 0.6) is 11.5 Å². The molecule has 1 aromatic rings. The average Bonchev–Trinajstić information content (AvgIpc) is 3.01. The van der Waals surface area contributed by atoms with E-state index in [0.717, 1.165) is 25.8 Å². The number of rotatable bonds is 3. The lowest BCUT2D eigenvalue weighted by Gasteiger charge is -2.76. The number of piperidine rings is 1. The minimum Gasteiger partial charge on any atom is -0.504 e. The zero-order valence-electron chi connectivity index (χ0n) is 19.5. The molecule has 2 heterocycles. The standard InChI is InChI=1S/C26H35NO4/c1-7-15-16-8-9-17(28)20-19(16)25-12-13-27(5)21(15)24(25)10-11-26(30-6,23(25,4)31-20)18(14-24)22(2,3)29/h8-11,15,18,21,28-29H,7,12-14H2,1-6H3/t15-,18-,21+,23-,24?,25+,26?/m1/s1. The van der Waals surface area contributed by atoms with Gasteiger partial charge in [-0.05, 0) is 65.3 Å². The number of aromatic hydroxyl groups is 1. The third-order valence-electron chi connectivity index (χ3n) is 10.2. The molecule has 1 saturated carbocycles. The molecule has 4 aliphatic carbocycles. The summed E-state index contributed by atoms with van der Waals surface area (Å²) in [5.74, 6) is 1.08. The van der Waals surface area contributed by atoms with Crippen LogP contribution < -0.4 is 4.74 Å². The Kier molecular flexibility index (Phi) is 3.56. The Hall–Kier alpha value is -1.56. The zero-order valence-corrected chi connectivity index (χ0v) is 19.5. The molecule has 4 bridgehead atoms. The second kappa shape index (κ2) is 5.49. The summed E-state index contributed by atoms with van der Waals surface area (Å²) < 4.78 is 13.3. The topological polar surface area (TPSA) is 62.2 Å². The maximum atomic E-state index is 11.4. The maximum Gasteiger partial charge on any atom is 0.166 e. The molecule has 0 radical (unpaired) electrons. The van der Waals surface area contributed by atoms with Crippen molar-refractivity contribution in [2.24, 2.45) is 11.3 Å². The molecule has 2 N–H and O–H groups in total. The zero-order chi connectivity index (χ0) is 22.2. The number of aliphatic hydroxyl groups is 1. The van der Waals surface area contributed by atoms with E-state index in [-0.39, 0.29) is 22.5 Å². The summed E-state index contributed by atoms with van der Waals surface area (Å²) in [6, 6.07) is 4.26. The number of fused-ring (bicyclic) bond motifs is 1. The number of ether oxygens (including phenoxy) is 2. The third-order valence-corrected chi connectivity index (χ3v) is 10.2. The van der Waals surface area contributed by atoms with Crippen LogP contribution in [0.15, 0.2) is 24.3 Å². The number of hydrogen-bond acceptors (Lipinski definition) is 5. The molecule has 31 heavy (non-hydrogen) atoms. The lowest BCUT2D eigenvalue weighted by molar-refractivity contribution is -0.285. The Labute approximate surface area is 185 Å². The molecular formula is C26H35NO4. The fourth-order valence-electron chi connectivity index (χ4n) is 9.22. The van der Waals surface area contributed by atoms with Crippen molar-refractivity contribution >= 4 is 0 Å². The summed E-state index contributed by atoms with van der Waals surface area (Å²) in [6.45, 7) is 9.25. The van der Waals surface area contributed by atoms with Crippen LogP contribution in [0.4, 0.5) is 0 Å². The van der Waals surface area contributed by atoms with Crippen molar-refractivity contribution < 1.29 is 19.7 Å². The second-order valence-electron chi connectivity index (χ2n) is 11.4. The van der Waals surface area contributed by atoms with E-state index in [4.69, 9.17) is 9.47 Å². The summed E-state index contributed by atoms with van der Waals surface area (Å²) >= 11 is 0. The quantitative estimate of drug-likeness (QED) is 0.723. The van der Waals surface area contributed by atoms with Crippen LogP contribution in [-0.4, -0.2) is 58.7 Å². The monoisotopic (exact) mass is 425 g/mol. The molecule has 2 fully saturated rings. The predicted molar refractivity (Wildman–Crippen MR) is 119 cm³/mol. The van der Waals surface area contributed by atoms with Crippen LogP contribution in [0.3, 0.4) is 0 Å². The van der Waals surface area contributed by atoms with E-state index >= 15 is 0 Å². The molecule has 7 atom stereocenters. The van der Waals surface area contributed by atoms with Gasteiger partial charge >= 0.3 is 0 Å². The molecule has 2 spiro atoms. The first-order valence-corrected chi connectivity index (χ1v) is 11.8. The summed E-state index contributed by atoms with van der Waals surface area (Å²) in [6.07, 6.45) is 7.46. The van der Waals surface area contributed by atoms with E-state index in [2.05, 4.69) is 44.0 Å². The van der Waals surface area contributed by atoms with Gasteiger partial charge in [-0.1, -0.05) is 25.1 Å². The Morgan fingerprint density at radius 3 is 2.68 bits per heavy atom. The second-order valence-corrected chi connectivity index (χ2v) is 11.4. The van der Waals surface area contributed by atoms with E-state index in [1.54, 1.807) is 7.11 Å². The Morgan fingerprint density at radius 2 is 2.03 bits per heavy atom. The molecule has 2 unspecified atom stereocenters. The van der Waals surface area contributed by atoms with Gasteiger partial charge in [0.2, 0.25) is 0 Å². The molecule has 1 saturated heterocycles. The van der Waals surface area contributed by atoms with Gasteiger partial charge in [0.25, 0.3) is 0 Å². The molecule has 168 valence electrons. The summed E-state index contributed by atoms with van der Waals surface area (Å²) in [5, 5.41) is 22.4. The Balaban J connectivity index is 1.78. The number of phenolic OH excluding ortho intramolecular Hbond substituents is 1. The molecular weight excluding hydrogens is 390 g/mol. The van der Waals surface area contributed by atoms with E-state index in [1.807, 2.05) is 19.9 Å². The van der Waals surface area contributed by atoms with Gasteiger partial charge in [0.15, 0.2) is 11.5 Å². The third kappa shape index (κ3) is 1.75. The van der Waals surface area contributed by atoms with Gasteiger partial charge in [-0.2, -0.15) is 0 Å². The minimum absolute atomic E-state index is 0.127. The van der Waals surface area contributed by atoms with Crippen molar-refractivity contribution in [3.63, 3.8) is 0 Å². The highest BCUT2D eigenvalue weighted by Gasteiger charge is 2.85. The lowest BCUT2D eigenvalue weighted by Crippen LogP contribution is -2.85. The van der Waals surface area contributed by atoms with Crippen LogP contribution in [0.2, 0.25) is 0 Å². The smallest absolute Gasteiger partial charge is 0.166 e. The summed E-state index contributed by atoms with van der Waals surface area (Å²) in [4.78, 5) is 2.55. The van der Waals surface area contributed by atoms with Gasteiger partial charge in [-0.25, -0.2) is 0 Å². The molecule has 0 amide bonds.